The molecule has 0 unspecified atom stereocenters. The summed E-state index contributed by atoms with van der Waals surface area (Å²) in [6.07, 6.45) is -3.39. The molecule has 8 heteroatoms. The number of nitrogens with one attached hydrogen (secondary N) is 1. The fraction of sp³-hybridized carbons (Fsp3) is 0.176. The molecule has 0 radical (unpaired) electrons. The molecule has 0 amide bonds. The zero-order valence-corrected chi connectivity index (χ0v) is 12.8. The minimum atomic E-state index is -4.43. The third-order valence-electron chi connectivity index (χ3n) is 4.32. The Morgan fingerprint density at radius 2 is 1.68 bits per heavy atom. The molecule has 0 saturated heterocycles. The Kier molecular flexibility index (Phi) is 3.40. The second-order valence-corrected chi connectivity index (χ2v) is 5.83. The SMILES string of the molecule is OC1=C2CCc3cccc(F)c3N2NN1c1ccc(C(F)(F)F)cc1. The predicted octanol–water partition coefficient (Wildman–Crippen LogP) is 4.26. The molecule has 130 valence electrons. The maximum Gasteiger partial charge on any atom is 0.416 e. The summed E-state index contributed by atoms with van der Waals surface area (Å²) < 4.78 is 52.3. The smallest absolute Gasteiger partial charge is 0.416 e. The summed E-state index contributed by atoms with van der Waals surface area (Å²) in [5.74, 6) is -0.599. The van der Waals surface area contributed by atoms with Gasteiger partial charge in [0.05, 0.1) is 22.6 Å². The van der Waals surface area contributed by atoms with Crippen LogP contribution in [0, 0.1) is 5.82 Å². The molecule has 0 bridgehead atoms. The van der Waals surface area contributed by atoms with Crippen molar-refractivity contribution in [2.75, 3.05) is 10.0 Å². The van der Waals surface area contributed by atoms with Crippen LogP contribution in [0.4, 0.5) is 28.9 Å². The molecule has 0 aromatic heterocycles. The summed E-state index contributed by atoms with van der Waals surface area (Å²) in [7, 11) is 0. The lowest BCUT2D eigenvalue weighted by atomic mass is 10.0. The van der Waals surface area contributed by atoms with E-state index in [9.17, 15) is 22.7 Å². The minimum absolute atomic E-state index is 0.159. The predicted molar refractivity (Wildman–Crippen MR) is 83.9 cm³/mol. The van der Waals surface area contributed by atoms with Gasteiger partial charge in [0.25, 0.3) is 0 Å². The molecule has 2 aliphatic heterocycles. The molecule has 25 heavy (non-hydrogen) atoms. The lowest BCUT2D eigenvalue weighted by Gasteiger charge is -2.29. The molecule has 4 rings (SSSR count). The minimum Gasteiger partial charge on any atom is -0.492 e. The number of hydrogen-bond acceptors (Lipinski definition) is 4. The van der Waals surface area contributed by atoms with E-state index in [0.29, 0.717) is 29.9 Å². The monoisotopic (exact) mass is 351 g/mol. The van der Waals surface area contributed by atoms with E-state index < -0.39 is 17.6 Å². The first-order chi connectivity index (χ1) is 11.9. The second kappa shape index (κ2) is 5.38. The number of hydrogen-bond donors (Lipinski definition) is 2. The average Bonchev–Trinajstić information content (AvgIpc) is 2.91. The number of fused-ring (bicyclic) bond motifs is 3. The zero-order chi connectivity index (χ0) is 17.8. The van der Waals surface area contributed by atoms with E-state index in [1.54, 1.807) is 12.1 Å². The molecule has 0 spiro atoms. The number of halogens is 4. The van der Waals surface area contributed by atoms with Gasteiger partial charge >= 0.3 is 6.18 Å². The number of aliphatic hydroxyl groups excluding tert-OH is 1. The Morgan fingerprint density at radius 1 is 0.960 bits per heavy atom. The molecule has 0 saturated carbocycles. The Bertz CT molecular complexity index is 861. The number of aryl methyl sites for hydroxylation is 1. The number of rotatable bonds is 1. The Morgan fingerprint density at radius 3 is 2.36 bits per heavy atom. The summed E-state index contributed by atoms with van der Waals surface area (Å²) in [6.45, 7) is 0. The number of benzene rings is 2. The van der Waals surface area contributed by atoms with Gasteiger partial charge in [-0.05, 0) is 48.7 Å². The van der Waals surface area contributed by atoms with Crippen LogP contribution in [0.2, 0.25) is 0 Å². The second-order valence-electron chi connectivity index (χ2n) is 5.83. The molecule has 2 N–H and O–H groups in total. The van der Waals surface area contributed by atoms with Gasteiger partial charge in [-0.15, -0.1) is 5.53 Å². The lowest BCUT2D eigenvalue weighted by Crippen LogP contribution is -2.43. The molecule has 4 nitrogen and oxygen atoms in total. The van der Waals surface area contributed by atoms with Crippen LogP contribution in [-0.2, 0) is 12.6 Å². The van der Waals surface area contributed by atoms with Crippen LogP contribution in [0.15, 0.2) is 54.0 Å². The van der Waals surface area contributed by atoms with Crippen molar-refractivity contribution in [1.29, 1.82) is 0 Å². The van der Waals surface area contributed by atoms with E-state index in [1.165, 1.54) is 28.2 Å². The number of aliphatic hydroxyl groups is 1. The van der Waals surface area contributed by atoms with Crippen LogP contribution >= 0.6 is 0 Å². The van der Waals surface area contributed by atoms with Gasteiger partial charge in [0.15, 0.2) is 0 Å². The zero-order valence-electron chi connectivity index (χ0n) is 12.8. The summed E-state index contributed by atoms with van der Waals surface area (Å²) >= 11 is 0. The molecule has 0 fully saturated rings. The van der Waals surface area contributed by atoms with Gasteiger partial charge < -0.3 is 5.11 Å². The van der Waals surface area contributed by atoms with Gasteiger partial charge in [-0.3, -0.25) is 5.01 Å². The first-order valence-electron chi connectivity index (χ1n) is 7.59. The highest BCUT2D eigenvalue weighted by molar-refractivity contribution is 5.66. The van der Waals surface area contributed by atoms with Crippen molar-refractivity contribution in [3.63, 3.8) is 0 Å². The van der Waals surface area contributed by atoms with Gasteiger partial charge in [0.2, 0.25) is 5.88 Å². The fourth-order valence-electron chi connectivity index (χ4n) is 3.09. The van der Waals surface area contributed by atoms with Crippen molar-refractivity contribution in [1.82, 2.24) is 5.53 Å². The number of nitrogens with zero attached hydrogens (tertiary/aromatic N) is 2. The number of hydrazine groups is 2. The van der Waals surface area contributed by atoms with Crippen LogP contribution in [0.1, 0.15) is 17.5 Å². The number of alkyl halides is 3. The topological polar surface area (TPSA) is 38.7 Å². The Hall–Kier alpha value is -2.74. The van der Waals surface area contributed by atoms with E-state index in [2.05, 4.69) is 5.53 Å². The van der Waals surface area contributed by atoms with Crippen LogP contribution in [0.5, 0.6) is 0 Å². The van der Waals surface area contributed by atoms with Crippen LogP contribution in [0.3, 0.4) is 0 Å². The third-order valence-corrected chi connectivity index (χ3v) is 4.32. The molecule has 2 aliphatic rings. The molecule has 0 atom stereocenters. The fourth-order valence-corrected chi connectivity index (χ4v) is 3.09. The number of para-hydroxylation sites is 1. The van der Waals surface area contributed by atoms with Gasteiger partial charge in [0, 0.05) is 0 Å². The first kappa shape index (κ1) is 15.8. The normalized spacial score (nSPS) is 17.0. The first-order valence-corrected chi connectivity index (χ1v) is 7.59. The van der Waals surface area contributed by atoms with Crippen LogP contribution < -0.4 is 15.6 Å². The van der Waals surface area contributed by atoms with Crippen molar-refractivity contribution in [2.45, 2.75) is 19.0 Å². The largest absolute Gasteiger partial charge is 0.492 e. The molecule has 2 heterocycles. The third kappa shape index (κ3) is 2.49. The molecule has 0 aliphatic carbocycles. The average molecular weight is 351 g/mol. The van der Waals surface area contributed by atoms with E-state index in [-0.39, 0.29) is 5.88 Å². The van der Waals surface area contributed by atoms with Gasteiger partial charge in [-0.25, -0.2) is 9.40 Å². The molecular weight excluding hydrogens is 338 g/mol. The van der Waals surface area contributed by atoms with Crippen molar-refractivity contribution >= 4 is 11.4 Å². The van der Waals surface area contributed by atoms with Gasteiger partial charge in [-0.2, -0.15) is 13.2 Å². The van der Waals surface area contributed by atoms with Crippen molar-refractivity contribution < 1.29 is 22.7 Å². The summed E-state index contributed by atoms with van der Waals surface area (Å²) in [5, 5.41) is 13.1. The highest BCUT2D eigenvalue weighted by Crippen LogP contribution is 2.39. The van der Waals surface area contributed by atoms with Crippen molar-refractivity contribution in [3.05, 3.63) is 71.0 Å². The van der Waals surface area contributed by atoms with E-state index in [0.717, 1.165) is 17.7 Å². The maximum atomic E-state index is 14.2. The standard InChI is InChI=1S/C17H13F4N3O/c18-13-3-1-2-10-4-9-14-16(25)23(22-24(14)15(10)13)12-7-5-11(6-8-12)17(19,20)21/h1-3,5-8,22,25H,4,9H2. The van der Waals surface area contributed by atoms with Crippen molar-refractivity contribution in [2.24, 2.45) is 0 Å². The Balaban J connectivity index is 1.69. The maximum absolute atomic E-state index is 14.2. The molecule has 2 aromatic carbocycles. The highest BCUT2D eigenvalue weighted by atomic mass is 19.4. The van der Waals surface area contributed by atoms with Crippen LogP contribution in [-0.4, -0.2) is 5.11 Å². The summed E-state index contributed by atoms with van der Waals surface area (Å²) in [6, 6.07) is 9.09. The quantitative estimate of drug-likeness (QED) is 0.753. The Labute approximate surface area is 140 Å². The van der Waals surface area contributed by atoms with E-state index in [4.69, 9.17) is 0 Å². The van der Waals surface area contributed by atoms with E-state index >= 15 is 0 Å². The van der Waals surface area contributed by atoms with E-state index in [1.807, 2.05) is 0 Å². The summed E-state index contributed by atoms with van der Waals surface area (Å²) in [4.78, 5) is 0. The lowest BCUT2D eigenvalue weighted by molar-refractivity contribution is -0.137. The summed E-state index contributed by atoms with van der Waals surface area (Å²) in [5.41, 5.74) is 3.94. The number of allylic oxidation sites excluding steroid dienone is 1. The van der Waals surface area contributed by atoms with Crippen LogP contribution in [0.25, 0.3) is 0 Å². The molecule has 2 aromatic rings. The van der Waals surface area contributed by atoms with Gasteiger partial charge in [-0.1, -0.05) is 12.1 Å². The van der Waals surface area contributed by atoms with Gasteiger partial charge in [0.1, 0.15) is 5.82 Å². The number of anilines is 2. The highest BCUT2D eigenvalue weighted by Gasteiger charge is 2.36. The van der Waals surface area contributed by atoms with Crippen molar-refractivity contribution in [3.8, 4) is 0 Å². The molecular formula is C17H13F4N3O.